The van der Waals surface area contributed by atoms with Gasteiger partial charge in [0.25, 0.3) is 0 Å². The quantitative estimate of drug-likeness (QED) is 0.233. The zero-order chi connectivity index (χ0) is 23.3. The van der Waals surface area contributed by atoms with Crippen molar-refractivity contribution in [1.29, 1.82) is 0 Å². The third-order valence-electron chi connectivity index (χ3n) is 4.89. The number of hydrogen-bond donors (Lipinski definition) is 1. The molecule has 33 heavy (non-hydrogen) atoms. The molecule has 0 spiro atoms. The highest BCUT2D eigenvalue weighted by Gasteiger charge is 2.38. The monoisotopic (exact) mass is 482 g/mol. The van der Waals surface area contributed by atoms with Crippen LogP contribution in [-0.4, -0.2) is 18.2 Å². The van der Waals surface area contributed by atoms with Crippen LogP contribution in [0.15, 0.2) is 72.8 Å². The van der Waals surface area contributed by atoms with Crippen LogP contribution in [0.5, 0.6) is 11.5 Å². The normalized spacial score (nSPS) is 12.6. The van der Waals surface area contributed by atoms with E-state index in [1.165, 1.54) is 11.3 Å². The maximum absolute atomic E-state index is 13.9. The van der Waals surface area contributed by atoms with Crippen molar-refractivity contribution in [2.45, 2.75) is 26.6 Å². The van der Waals surface area contributed by atoms with Gasteiger partial charge in [-0.2, -0.15) is 0 Å². The molecule has 0 radical (unpaired) electrons. The van der Waals surface area contributed by atoms with Gasteiger partial charge in [-0.25, -0.2) is 4.98 Å². The SMILES string of the molecule is CCOP(=O)(OCC)C(Nc1nc2ccc(C)cc2s1)c1cccc(Oc2ccccc2)c1. The van der Waals surface area contributed by atoms with Crippen molar-refractivity contribution >= 4 is 34.3 Å². The van der Waals surface area contributed by atoms with E-state index in [4.69, 9.17) is 13.8 Å². The minimum absolute atomic E-state index is 0.259. The molecule has 0 saturated heterocycles. The lowest BCUT2D eigenvalue weighted by Gasteiger charge is -2.27. The summed E-state index contributed by atoms with van der Waals surface area (Å²) in [6, 6.07) is 23.1. The number of nitrogens with zero attached hydrogens (tertiary/aromatic N) is 1. The second kappa shape index (κ2) is 10.5. The van der Waals surface area contributed by atoms with Gasteiger partial charge in [0, 0.05) is 0 Å². The Kier molecular flexibility index (Phi) is 7.46. The van der Waals surface area contributed by atoms with Crippen molar-refractivity contribution in [1.82, 2.24) is 4.98 Å². The fraction of sp³-hybridized carbons (Fsp3) is 0.240. The van der Waals surface area contributed by atoms with Gasteiger partial charge in [-0.1, -0.05) is 47.7 Å². The Morgan fingerprint density at radius 1 is 0.939 bits per heavy atom. The number of aryl methyl sites for hydroxylation is 1. The highest BCUT2D eigenvalue weighted by Crippen LogP contribution is 2.61. The number of hydrogen-bond acceptors (Lipinski definition) is 7. The fourth-order valence-electron chi connectivity index (χ4n) is 3.47. The molecule has 4 rings (SSSR count). The van der Waals surface area contributed by atoms with Gasteiger partial charge in [0.05, 0.1) is 23.4 Å². The van der Waals surface area contributed by atoms with Gasteiger partial charge in [-0.3, -0.25) is 4.57 Å². The number of thiazole rings is 1. The lowest BCUT2D eigenvalue weighted by atomic mass is 10.2. The molecule has 0 fully saturated rings. The van der Waals surface area contributed by atoms with E-state index in [0.717, 1.165) is 27.1 Å². The summed E-state index contributed by atoms with van der Waals surface area (Å²) in [6.45, 7) is 6.17. The molecule has 1 unspecified atom stereocenters. The molecule has 3 aromatic carbocycles. The molecule has 6 nitrogen and oxygen atoms in total. The van der Waals surface area contributed by atoms with Gasteiger partial charge in [0.15, 0.2) is 10.9 Å². The number of nitrogens with one attached hydrogen (secondary N) is 1. The first kappa shape index (κ1) is 23.5. The first-order chi connectivity index (χ1) is 16.0. The number of fused-ring (bicyclic) bond motifs is 1. The van der Waals surface area contributed by atoms with Crippen LogP contribution in [0.4, 0.5) is 5.13 Å². The third-order valence-corrected chi connectivity index (χ3v) is 8.14. The predicted octanol–water partition coefficient (Wildman–Crippen LogP) is 7.77. The van der Waals surface area contributed by atoms with E-state index in [2.05, 4.69) is 16.4 Å². The van der Waals surface area contributed by atoms with Crippen molar-refractivity contribution in [2.24, 2.45) is 0 Å². The molecule has 0 saturated carbocycles. The Balaban J connectivity index is 1.72. The summed E-state index contributed by atoms with van der Waals surface area (Å²) in [5.74, 6) is 0.599. The molecule has 0 aliphatic heterocycles. The van der Waals surface area contributed by atoms with Crippen LogP contribution in [0.25, 0.3) is 10.2 Å². The van der Waals surface area contributed by atoms with Crippen LogP contribution in [0.1, 0.15) is 30.8 Å². The first-order valence-corrected chi connectivity index (χ1v) is 13.3. The van der Waals surface area contributed by atoms with Crippen molar-refractivity contribution in [3.8, 4) is 11.5 Å². The van der Waals surface area contributed by atoms with Crippen LogP contribution in [0.2, 0.25) is 0 Å². The van der Waals surface area contributed by atoms with Gasteiger partial charge in [0.2, 0.25) is 0 Å². The van der Waals surface area contributed by atoms with Crippen molar-refractivity contribution in [3.63, 3.8) is 0 Å². The second-order valence-corrected chi connectivity index (χ2v) is 10.5. The zero-order valence-corrected chi connectivity index (χ0v) is 20.6. The van der Waals surface area contributed by atoms with E-state index < -0.39 is 13.4 Å². The van der Waals surface area contributed by atoms with Gasteiger partial charge < -0.3 is 19.1 Å². The number of anilines is 1. The molecule has 1 aromatic heterocycles. The van der Waals surface area contributed by atoms with Crippen molar-refractivity contribution in [3.05, 3.63) is 83.9 Å². The zero-order valence-electron chi connectivity index (χ0n) is 18.9. The Bertz CT molecular complexity index is 1250. The maximum Gasteiger partial charge on any atom is 0.357 e. The van der Waals surface area contributed by atoms with Gasteiger partial charge >= 0.3 is 7.60 Å². The number of benzene rings is 3. The Labute approximate surface area is 198 Å². The first-order valence-electron chi connectivity index (χ1n) is 10.9. The van der Waals surface area contributed by atoms with E-state index in [0.29, 0.717) is 10.9 Å². The molecule has 0 bridgehead atoms. The summed E-state index contributed by atoms with van der Waals surface area (Å²) in [6.07, 6.45) is 0. The molecule has 1 atom stereocenters. The van der Waals surface area contributed by atoms with Gasteiger partial charge in [-0.05, 0) is 68.3 Å². The van der Waals surface area contributed by atoms with Crippen LogP contribution < -0.4 is 10.1 Å². The molecule has 8 heteroatoms. The van der Waals surface area contributed by atoms with E-state index >= 15 is 0 Å². The highest BCUT2D eigenvalue weighted by atomic mass is 32.1. The summed E-state index contributed by atoms with van der Waals surface area (Å²) in [4.78, 5) is 4.69. The van der Waals surface area contributed by atoms with Crippen LogP contribution in [-0.2, 0) is 13.6 Å². The van der Waals surface area contributed by atoms with E-state index in [1.807, 2.05) is 73.7 Å². The Morgan fingerprint density at radius 3 is 2.39 bits per heavy atom. The summed E-state index contributed by atoms with van der Waals surface area (Å²) in [7, 11) is -3.57. The van der Waals surface area contributed by atoms with Gasteiger partial charge in [0.1, 0.15) is 11.5 Å². The van der Waals surface area contributed by atoms with Crippen molar-refractivity contribution < 1.29 is 18.3 Å². The topological polar surface area (TPSA) is 69.7 Å². The summed E-state index contributed by atoms with van der Waals surface area (Å²) < 4.78 is 32.4. The summed E-state index contributed by atoms with van der Waals surface area (Å²) >= 11 is 1.51. The molecule has 1 heterocycles. The third kappa shape index (κ3) is 5.63. The summed E-state index contributed by atoms with van der Waals surface area (Å²) in [5.41, 5.74) is 2.77. The smallest absolute Gasteiger partial charge is 0.357 e. The number of para-hydroxylation sites is 1. The molecule has 172 valence electrons. The molecular formula is C25H27N2O4PS. The number of ether oxygens (including phenoxy) is 1. The lowest BCUT2D eigenvalue weighted by molar-refractivity contribution is 0.214. The van der Waals surface area contributed by atoms with E-state index in [-0.39, 0.29) is 13.2 Å². The van der Waals surface area contributed by atoms with Crippen LogP contribution >= 0.6 is 18.9 Å². The minimum atomic E-state index is -3.57. The largest absolute Gasteiger partial charge is 0.457 e. The average molecular weight is 483 g/mol. The molecular weight excluding hydrogens is 455 g/mol. The van der Waals surface area contributed by atoms with Crippen LogP contribution in [0, 0.1) is 6.92 Å². The van der Waals surface area contributed by atoms with E-state index in [1.54, 1.807) is 13.8 Å². The van der Waals surface area contributed by atoms with Crippen LogP contribution in [0.3, 0.4) is 0 Å². The predicted molar refractivity (Wildman–Crippen MR) is 135 cm³/mol. The van der Waals surface area contributed by atoms with E-state index in [9.17, 15) is 4.57 Å². The average Bonchev–Trinajstić information content (AvgIpc) is 3.20. The molecule has 4 aromatic rings. The Hall–Kier alpha value is -2.70. The standard InChI is InChI=1S/C25H27N2O4PS/c1-4-29-32(28,30-5-2)24(27-25-26-22-15-14-18(3)16-23(22)33-25)19-10-9-13-21(17-19)31-20-11-7-6-8-12-20/h6-17,24H,4-5H2,1-3H3,(H,26,27). The summed E-state index contributed by atoms with van der Waals surface area (Å²) in [5, 5.41) is 3.99. The minimum Gasteiger partial charge on any atom is -0.457 e. The maximum atomic E-state index is 13.9. The molecule has 0 aliphatic carbocycles. The van der Waals surface area contributed by atoms with Crippen molar-refractivity contribution in [2.75, 3.05) is 18.5 Å². The number of rotatable bonds is 10. The lowest BCUT2D eigenvalue weighted by Crippen LogP contribution is -2.15. The fourth-order valence-corrected chi connectivity index (χ4v) is 6.45. The highest BCUT2D eigenvalue weighted by molar-refractivity contribution is 7.54. The molecule has 0 amide bonds. The molecule has 1 N–H and O–H groups in total. The van der Waals surface area contributed by atoms with Gasteiger partial charge in [-0.15, -0.1) is 0 Å². The molecule has 0 aliphatic rings. The Morgan fingerprint density at radius 2 is 1.67 bits per heavy atom. The second-order valence-electron chi connectivity index (χ2n) is 7.40. The number of aromatic nitrogens is 1.